The number of aromatic nitrogens is 4. The first kappa shape index (κ1) is 25.1. The molecule has 4 N–H and O–H groups in total. The summed E-state index contributed by atoms with van der Waals surface area (Å²) in [5.41, 5.74) is 0.132. The van der Waals surface area contributed by atoms with Gasteiger partial charge in [-0.05, 0) is 56.8 Å². The van der Waals surface area contributed by atoms with E-state index >= 15 is 4.39 Å². The minimum atomic E-state index is -5.10. The van der Waals surface area contributed by atoms with Gasteiger partial charge in [-0.15, -0.1) is 0 Å². The lowest BCUT2D eigenvalue weighted by molar-refractivity contribution is -0.203. The minimum Gasteiger partial charge on any atom is -0.454 e. The third-order valence-corrected chi connectivity index (χ3v) is 8.27. The Morgan fingerprint density at radius 3 is 2.61 bits per heavy atom. The molecule has 3 heterocycles. The van der Waals surface area contributed by atoms with Gasteiger partial charge < -0.3 is 25.4 Å². The quantitative estimate of drug-likeness (QED) is 0.322. The van der Waals surface area contributed by atoms with E-state index in [0.717, 1.165) is 25.0 Å². The molecule has 0 radical (unpaired) electrons. The zero-order chi connectivity index (χ0) is 26.8. The molecule has 2 aromatic rings. The van der Waals surface area contributed by atoms with Crippen LogP contribution in [0.3, 0.4) is 0 Å². The lowest BCUT2D eigenvalue weighted by Gasteiger charge is -2.58. The van der Waals surface area contributed by atoms with Crippen molar-refractivity contribution in [2.24, 2.45) is 17.8 Å². The molecule has 0 aromatic carbocycles. The first-order valence-electron chi connectivity index (χ1n) is 12.8. The van der Waals surface area contributed by atoms with E-state index in [9.17, 15) is 23.1 Å². The number of anilines is 4. The van der Waals surface area contributed by atoms with Gasteiger partial charge in [-0.3, -0.25) is 5.10 Å². The van der Waals surface area contributed by atoms with Crippen LogP contribution < -0.4 is 15.5 Å². The zero-order valence-corrected chi connectivity index (χ0v) is 20.7. The van der Waals surface area contributed by atoms with Gasteiger partial charge in [0.1, 0.15) is 6.10 Å². The van der Waals surface area contributed by atoms with Crippen LogP contribution in [0.15, 0.2) is 6.07 Å². The number of ether oxygens (including phenoxy) is 1. The first-order chi connectivity index (χ1) is 18.0. The molecule has 5 aliphatic rings. The van der Waals surface area contributed by atoms with Gasteiger partial charge >= 0.3 is 12.1 Å². The lowest BCUT2D eigenvalue weighted by Crippen LogP contribution is -2.59. The summed E-state index contributed by atoms with van der Waals surface area (Å²) >= 11 is 0. The number of H-pyrrole nitrogens is 1. The highest BCUT2D eigenvalue weighted by atomic mass is 19.4. The molecule has 1 aliphatic heterocycles. The Bertz CT molecular complexity index is 1220. The Hall–Kier alpha value is -3.16. The van der Waals surface area contributed by atoms with E-state index in [1.54, 1.807) is 13.0 Å². The second-order valence-electron chi connectivity index (χ2n) is 11.2. The Morgan fingerprint density at radius 1 is 1.24 bits per heavy atom. The number of rotatable bonds is 6. The number of nitrogens with zero attached hydrogens (tertiary/aromatic N) is 4. The number of esters is 1. The smallest absolute Gasteiger partial charge is 0.454 e. The highest BCUT2D eigenvalue weighted by molar-refractivity contribution is 5.76. The minimum absolute atomic E-state index is 0.0182. The molecule has 206 valence electrons. The number of alkyl halides is 3. The van der Waals surface area contributed by atoms with E-state index in [-0.39, 0.29) is 55.0 Å². The number of halogens is 4. The summed E-state index contributed by atoms with van der Waals surface area (Å²) in [6.45, 7) is 1.80. The highest BCUT2D eigenvalue weighted by Crippen LogP contribution is 2.56. The van der Waals surface area contributed by atoms with Gasteiger partial charge in [-0.25, -0.2) is 4.79 Å². The summed E-state index contributed by atoms with van der Waals surface area (Å²) in [6.07, 6.45) is -1.82. The molecule has 2 aromatic heterocycles. The average molecular weight is 540 g/mol. The van der Waals surface area contributed by atoms with Crippen LogP contribution in [0.25, 0.3) is 0 Å². The maximum Gasteiger partial charge on any atom is 0.490 e. The fourth-order valence-corrected chi connectivity index (χ4v) is 7.00. The molecule has 1 saturated heterocycles. The Labute approximate surface area is 215 Å². The van der Waals surface area contributed by atoms with Crippen LogP contribution in [0, 0.1) is 30.5 Å². The number of nitrogens with one attached hydrogen (secondary N) is 3. The number of hydrogen-bond donors (Lipinski definition) is 4. The van der Waals surface area contributed by atoms with E-state index in [1.807, 2.05) is 0 Å². The molecule has 3 atom stereocenters. The van der Waals surface area contributed by atoms with Crippen LogP contribution in [-0.2, 0) is 9.53 Å². The standard InChI is InChI=1S/C24H29F4N7O3/c1-11-4-16(34-33-11)29-19-17(25)20(35-3-2-15(10-35)38-21(36)24(26,27)28)32-22(31-19)30-18-13-5-12-6-14(18)9-23(37,7-12)8-13/h4,12-15,18,37H,2-3,5-10H2,1H3,(H3,29,30,31,32,33,34)/t12?,13?,14?,15-,18?,23?/m1/s1. The number of aromatic amines is 1. The van der Waals surface area contributed by atoms with E-state index in [0.29, 0.717) is 24.6 Å². The fraction of sp³-hybridized carbons (Fsp3) is 0.667. The van der Waals surface area contributed by atoms with Crippen molar-refractivity contribution in [3.63, 3.8) is 0 Å². The van der Waals surface area contributed by atoms with Crippen molar-refractivity contribution in [2.45, 2.75) is 69.4 Å². The number of carbonyl (C=O) groups excluding carboxylic acids is 1. The molecule has 0 amide bonds. The summed E-state index contributed by atoms with van der Waals surface area (Å²) < 4.78 is 58.2. The second-order valence-corrected chi connectivity index (χ2v) is 11.2. The van der Waals surface area contributed by atoms with Crippen LogP contribution in [0.5, 0.6) is 0 Å². The number of aliphatic hydroxyl groups is 1. The number of hydrogen-bond acceptors (Lipinski definition) is 9. The van der Waals surface area contributed by atoms with Crippen LogP contribution in [-0.4, -0.2) is 68.3 Å². The van der Waals surface area contributed by atoms with Crippen molar-refractivity contribution < 1.29 is 32.2 Å². The third kappa shape index (κ3) is 4.74. The average Bonchev–Trinajstić information content (AvgIpc) is 3.45. The summed E-state index contributed by atoms with van der Waals surface area (Å²) in [5.74, 6) is -1.80. The van der Waals surface area contributed by atoms with Crippen molar-refractivity contribution >= 4 is 29.4 Å². The predicted molar refractivity (Wildman–Crippen MR) is 127 cm³/mol. The molecule has 2 unspecified atom stereocenters. The van der Waals surface area contributed by atoms with Gasteiger partial charge in [-0.2, -0.15) is 32.6 Å². The molecule has 10 nitrogen and oxygen atoms in total. The molecule has 4 bridgehead atoms. The highest BCUT2D eigenvalue weighted by Gasteiger charge is 2.55. The zero-order valence-electron chi connectivity index (χ0n) is 20.7. The molecule has 4 aliphatic carbocycles. The van der Waals surface area contributed by atoms with Gasteiger partial charge in [0, 0.05) is 30.8 Å². The van der Waals surface area contributed by atoms with Crippen LogP contribution in [0.4, 0.5) is 41.0 Å². The van der Waals surface area contributed by atoms with Crippen LogP contribution in [0.1, 0.15) is 44.2 Å². The summed E-state index contributed by atoms with van der Waals surface area (Å²) in [5, 5.41) is 24.0. The maximum atomic E-state index is 15.7. The van der Waals surface area contributed by atoms with Crippen molar-refractivity contribution in [1.82, 2.24) is 20.2 Å². The predicted octanol–water partition coefficient (Wildman–Crippen LogP) is 3.43. The normalized spacial score (nSPS) is 32.1. The SMILES string of the molecule is Cc1cc(Nc2nc(NC3C4CC5CC3CC(O)(C5)C4)nc(N3CC[C@@H](OC(=O)C(F)(F)F)C3)c2F)n[nH]1. The van der Waals surface area contributed by atoms with Gasteiger partial charge in [0.05, 0.1) is 12.1 Å². The molecule has 38 heavy (non-hydrogen) atoms. The van der Waals surface area contributed by atoms with Gasteiger partial charge in [0.25, 0.3) is 0 Å². The van der Waals surface area contributed by atoms with Crippen LogP contribution in [0.2, 0.25) is 0 Å². The Morgan fingerprint density at radius 2 is 1.97 bits per heavy atom. The van der Waals surface area contributed by atoms with E-state index in [4.69, 9.17) is 0 Å². The fourth-order valence-electron chi connectivity index (χ4n) is 7.00. The first-order valence-corrected chi connectivity index (χ1v) is 12.8. The lowest BCUT2D eigenvalue weighted by atomic mass is 9.52. The number of aryl methyl sites for hydroxylation is 1. The maximum absolute atomic E-state index is 15.7. The number of carbonyl (C=O) groups is 1. The molecular formula is C24H29F4N7O3. The molecule has 5 fully saturated rings. The largest absolute Gasteiger partial charge is 0.490 e. The van der Waals surface area contributed by atoms with E-state index in [2.05, 4.69) is 35.5 Å². The second kappa shape index (κ2) is 8.95. The molecule has 4 saturated carbocycles. The van der Waals surface area contributed by atoms with Gasteiger partial charge in [0.2, 0.25) is 11.8 Å². The molecule has 7 rings (SSSR count). The Balaban J connectivity index is 1.27. The summed E-state index contributed by atoms with van der Waals surface area (Å²) in [4.78, 5) is 21.6. The molecule has 0 spiro atoms. The topological polar surface area (TPSA) is 128 Å². The third-order valence-electron chi connectivity index (χ3n) is 8.27. The summed E-state index contributed by atoms with van der Waals surface area (Å²) in [7, 11) is 0. The van der Waals surface area contributed by atoms with Gasteiger partial charge in [-0.1, -0.05) is 0 Å². The van der Waals surface area contributed by atoms with Crippen molar-refractivity contribution in [1.29, 1.82) is 0 Å². The monoisotopic (exact) mass is 539 g/mol. The Kier molecular flexibility index (Phi) is 5.92. The summed E-state index contributed by atoms with van der Waals surface area (Å²) in [6, 6.07) is 1.69. The van der Waals surface area contributed by atoms with E-state index in [1.165, 1.54) is 4.90 Å². The van der Waals surface area contributed by atoms with E-state index < -0.39 is 29.7 Å². The molecule has 14 heteroatoms. The van der Waals surface area contributed by atoms with Gasteiger partial charge in [0.15, 0.2) is 17.5 Å². The van der Waals surface area contributed by atoms with Crippen LogP contribution >= 0.6 is 0 Å². The molecular weight excluding hydrogens is 510 g/mol. The van der Waals surface area contributed by atoms with Crippen molar-refractivity contribution in [3.8, 4) is 0 Å². The van der Waals surface area contributed by atoms with Crippen molar-refractivity contribution in [2.75, 3.05) is 28.6 Å². The van der Waals surface area contributed by atoms with Crippen molar-refractivity contribution in [3.05, 3.63) is 17.6 Å².